The number of piperazine rings is 1. The van der Waals surface area contributed by atoms with Crippen molar-refractivity contribution in [1.29, 1.82) is 0 Å². The number of carbonyl (C=O) groups is 1. The smallest absolute Gasteiger partial charge is 0.275 e. The molecule has 0 atom stereocenters. The van der Waals surface area contributed by atoms with Crippen LogP contribution in [0, 0.1) is 0 Å². The predicted octanol–water partition coefficient (Wildman–Crippen LogP) is 4.08. The first kappa shape index (κ1) is 18.2. The zero-order valence-electron chi connectivity index (χ0n) is 15.6. The van der Waals surface area contributed by atoms with Gasteiger partial charge in [-0.15, -0.1) is 22.7 Å². The maximum absolute atomic E-state index is 12.8. The highest BCUT2D eigenvalue weighted by atomic mass is 32.1. The molecule has 5 rings (SSSR count). The lowest BCUT2D eigenvalue weighted by Gasteiger charge is -2.30. The molecule has 1 aliphatic heterocycles. The van der Waals surface area contributed by atoms with Crippen molar-refractivity contribution in [2.45, 2.75) is 0 Å². The summed E-state index contributed by atoms with van der Waals surface area (Å²) in [6.45, 7) is 3.66. The minimum Gasteiger partial charge on any atom is -0.367 e. The summed E-state index contributed by atoms with van der Waals surface area (Å²) in [5.74, 6) is -0.214. The van der Waals surface area contributed by atoms with E-state index in [4.69, 9.17) is 0 Å². The number of thiazole rings is 1. The first-order valence-electron chi connectivity index (χ1n) is 9.42. The van der Waals surface area contributed by atoms with Crippen molar-refractivity contribution in [2.24, 2.45) is 0 Å². The van der Waals surface area contributed by atoms with Crippen LogP contribution in [0.2, 0.25) is 0 Å². The number of hydrogen-bond donors (Lipinski definition) is 2. The van der Waals surface area contributed by atoms with Crippen LogP contribution in [0.25, 0.3) is 20.7 Å². The van der Waals surface area contributed by atoms with Gasteiger partial charge in [-0.05, 0) is 35.0 Å². The molecule has 0 radical (unpaired) electrons. The number of nitrogens with one attached hydrogen (secondary N) is 2. The van der Waals surface area contributed by atoms with Gasteiger partial charge in [-0.1, -0.05) is 6.07 Å². The molecule has 1 saturated heterocycles. The molecule has 29 heavy (non-hydrogen) atoms. The van der Waals surface area contributed by atoms with Gasteiger partial charge in [0, 0.05) is 48.0 Å². The minimum absolute atomic E-state index is 0.214. The van der Waals surface area contributed by atoms with Crippen molar-refractivity contribution >= 4 is 50.0 Å². The Labute approximate surface area is 176 Å². The molecule has 0 unspecified atom stereocenters. The molecule has 4 heterocycles. The van der Waals surface area contributed by atoms with Gasteiger partial charge in [-0.3, -0.25) is 9.78 Å². The third-order valence-corrected chi connectivity index (χ3v) is 6.73. The van der Waals surface area contributed by atoms with Crippen LogP contribution in [0.3, 0.4) is 0 Å². The van der Waals surface area contributed by atoms with Gasteiger partial charge in [-0.2, -0.15) is 0 Å². The van der Waals surface area contributed by atoms with E-state index >= 15 is 0 Å². The molecule has 3 aromatic heterocycles. The van der Waals surface area contributed by atoms with Crippen molar-refractivity contribution in [1.82, 2.24) is 15.3 Å². The second-order valence-corrected chi connectivity index (χ2v) is 8.60. The standard InChI is InChI=1S/C21H19N5OS2/c27-20(24-16-12-23-5-3-18(16)26-8-6-22-7-9-26)17-13-29-21(25-17)15-1-2-19-14(11-15)4-10-28-19/h1-5,10-13,22H,6-9H2,(H,24,27). The van der Waals surface area contributed by atoms with E-state index in [1.54, 1.807) is 23.7 Å². The Morgan fingerprint density at radius 2 is 2.03 bits per heavy atom. The van der Waals surface area contributed by atoms with Crippen molar-refractivity contribution in [3.05, 3.63) is 59.2 Å². The molecule has 0 bridgehead atoms. The maximum atomic E-state index is 12.8. The summed E-state index contributed by atoms with van der Waals surface area (Å²) in [6.07, 6.45) is 3.46. The number of amides is 1. The van der Waals surface area contributed by atoms with E-state index in [9.17, 15) is 4.79 Å². The molecule has 1 fully saturated rings. The predicted molar refractivity (Wildman–Crippen MR) is 120 cm³/mol. The van der Waals surface area contributed by atoms with Crippen LogP contribution in [0.1, 0.15) is 10.5 Å². The fraction of sp³-hybridized carbons (Fsp3) is 0.190. The molecular weight excluding hydrogens is 402 g/mol. The van der Waals surface area contributed by atoms with E-state index in [1.165, 1.54) is 21.4 Å². The number of rotatable bonds is 4. The number of anilines is 2. The normalized spacial score (nSPS) is 14.3. The SMILES string of the molecule is O=C(Nc1cnccc1N1CCNCC1)c1csc(-c2ccc3sccc3c2)n1. The molecule has 1 aliphatic rings. The van der Waals surface area contributed by atoms with Gasteiger partial charge in [-0.25, -0.2) is 4.98 Å². The number of fused-ring (bicyclic) bond motifs is 1. The van der Waals surface area contributed by atoms with Crippen molar-refractivity contribution in [2.75, 3.05) is 36.4 Å². The molecule has 4 aromatic rings. The molecule has 6 nitrogen and oxygen atoms in total. The Hall–Kier alpha value is -2.81. The molecule has 1 amide bonds. The van der Waals surface area contributed by atoms with Gasteiger partial charge < -0.3 is 15.5 Å². The van der Waals surface area contributed by atoms with Crippen LogP contribution in [-0.2, 0) is 0 Å². The lowest BCUT2D eigenvalue weighted by molar-refractivity contribution is 0.102. The summed E-state index contributed by atoms with van der Waals surface area (Å²) in [4.78, 5) is 23.9. The Kier molecular flexibility index (Phi) is 4.97. The lowest BCUT2D eigenvalue weighted by Crippen LogP contribution is -2.43. The van der Waals surface area contributed by atoms with Gasteiger partial charge in [0.05, 0.1) is 17.6 Å². The summed E-state index contributed by atoms with van der Waals surface area (Å²) < 4.78 is 1.25. The molecule has 2 N–H and O–H groups in total. The molecular formula is C21H19N5OS2. The highest BCUT2D eigenvalue weighted by Crippen LogP contribution is 2.30. The quantitative estimate of drug-likeness (QED) is 0.520. The van der Waals surface area contributed by atoms with Gasteiger partial charge >= 0.3 is 0 Å². The summed E-state index contributed by atoms with van der Waals surface area (Å²) >= 11 is 3.20. The number of hydrogen-bond acceptors (Lipinski definition) is 7. The Morgan fingerprint density at radius 1 is 1.14 bits per heavy atom. The van der Waals surface area contributed by atoms with Crippen molar-refractivity contribution < 1.29 is 4.79 Å². The second kappa shape index (κ2) is 7.90. The summed E-state index contributed by atoms with van der Waals surface area (Å²) in [5.41, 5.74) is 3.16. The zero-order valence-corrected chi connectivity index (χ0v) is 17.2. The van der Waals surface area contributed by atoms with E-state index in [-0.39, 0.29) is 5.91 Å². The first-order valence-corrected chi connectivity index (χ1v) is 11.2. The van der Waals surface area contributed by atoms with Crippen LogP contribution in [0.4, 0.5) is 11.4 Å². The largest absolute Gasteiger partial charge is 0.367 e. The summed E-state index contributed by atoms with van der Waals surface area (Å²) in [5, 5.41) is 12.3. The Morgan fingerprint density at radius 3 is 2.93 bits per heavy atom. The summed E-state index contributed by atoms with van der Waals surface area (Å²) in [6, 6.07) is 10.3. The van der Waals surface area contributed by atoms with Crippen LogP contribution in [0.15, 0.2) is 53.5 Å². The van der Waals surface area contributed by atoms with Crippen LogP contribution < -0.4 is 15.5 Å². The van der Waals surface area contributed by atoms with E-state index < -0.39 is 0 Å². The zero-order chi connectivity index (χ0) is 19.6. The fourth-order valence-electron chi connectivity index (χ4n) is 3.46. The van der Waals surface area contributed by atoms with E-state index in [0.29, 0.717) is 11.4 Å². The topological polar surface area (TPSA) is 70.2 Å². The number of nitrogens with zero attached hydrogens (tertiary/aromatic N) is 3. The molecule has 1 aromatic carbocycles. The average Bonchev–Trinajstić information content (AvgIpc) is 3.44. The van der Waals surface area contributed by atoms with Crippen molar-refractivity contribution in [3.63, 3.8) is 0 Å². The van der Waals surface area contributed by atoms with E-state index in [0.717, 1.165) is 42.4 Å². The fourth-order valence-corrected chi connectivity index (χ4v) is 5.03. The third-order valence-electron chi connectivity index (χ3n) is 4.94. The minimum atomic E-state index is -0.214. The third kappa shape index (κ3) is 3.74. The van der Waals surface area contributed by atoms with Gasteiger partial charge in [0.25, 0.3) is 5.91 Å². The van der Waals surface area contributed by atoms with Gasteiger partial charge in [0.2, 0.25) is 0 Å². The monoisotopic (exact) mass is 421 g/mol. The van der Waals surface area contributed by atoms with E-state index in [1.807, 2.05) is 11.4 Å². The van der Waals surface area contributed by atoms with Gasteiger partial charge in [0.15, 0.2) is 0 Å². The number of thiophene rings is 1. The van der Waals surface area contributed by atoms with Gasteiger partial charge in [0.1, 0.15) is 10.7 Å². The number of pyridine rings is 1. The molecule has 8 heteroatoms. The number of aromatic nitrogens is 2. The van der Waals surface area contributed by atoms with E-state index in [2.05, 4.69) is 55.1 Å². The first-order chi connectivity index (χ1) is 14.3. The second-order valence-electron chi connectivity index (χ2n) is 6.80. The lowest BCUT2D eigenvalue weighted by atomic mass is 10.2. The highest BCUT2D eigenvalue weighted by molar-refractivity contribution is 7.17. The Balaban J connectivity index is 1.37. The molecule has 0 spiro atoms. The van der Waals surface area contributed by atoms with Crippen LogP contribution in [-0.4, -0.2) is 42.1 Å². The maximum Gasteiger partial charge on any atom is 0.275 e. The summed E-state index contributed by atoms with van der Waals surface area (Å²) in [7, 11) is 0. The van der Waals surface area contributed by atoms with Crippen LogP contribution in [0.5, 0.6) is 0 Å². The number of carbonyl (C=O) groups excluding carboxylic acids is 1. The average molecular weight is 422 g/mol. The molecule has 146 valence electrons. The highest BCUT2D eigenvalue weighted by Gasteiger charge is 2.18. The van der Waals surface area contributed by atoms with Crippen molar-refractivity contribution in [3.8, 4) is 10.6 Å². The Bertz CT molecular complexity index is 1160. The molecule has 0 saturated carbocycles. The molecule has 0 aliphatic carbocycles. The van der Waals surface area contributed by atoms with Crippen LogP contribution >= 0.6 is 22.7 Å². The number of benzene rings is 1.